The van der Waals surface area contributed by atoms with Gasteiger partial charge in [-0.1, -0.05) is 12.8 Å². The molecule has 2 N–H and O–H groups in total. The van der Waals surface area contributed by atoms with E-state index in [2.05, 4.69) is 9.80 Å². The Kier molecular flexibility index (Phi) is 3.18. The van der Waals surface area contributed by atoms with Crippen LogP contribution in [0.2, 0.25) is 0 Å². The fourth-order valence-electron chi connectivity index (χ4n) is 3.91. The number of fused-ring (bicyclic) bond motifs is 1. The molecule has 92 valence electrons. The van der Waals surface area contributed by atoms with Gasteiger partial charge in [-0.2, -0.15) is 0 Å². The first-order valence-electron chi connectivity index (χ1n) is 7.08. The first kappa shape index (κ1) is 11.0. The van der Waals surface area contributed by atoms with Crippen LogP contribution in [-0.4, -0.2) is 54.1 Å². The van der Waals surface area contributed by atoms with Gasteiger partial charge in [0, 0.05) is 37.8 Å². The van der Waals surface area contributed by atoms with Crippen molar-refractivity contribution in [1.82, 2.24) is 9.80 Å². The Balaban J connectivity index is 1.62. The molecule has 2 saturated heterocycles. The van der Waals surface area contributed by atoms with E-state index in [0.29, 0.717) is 12.1 Å². The molecule has 3 unspecified atom stereocenters. The maximum absolute atomic E-state index is 6.29. The minimum Gasteiger partial charge on any atom is -0.326 e. The van der Waals surface area contributed by atoms with E-state index in [0.717, 1.165) is 6.04 Å². The molecule has 3 rings (SSSR count). The lowest BCUT2D eigenvalue weighted by atomic mass is 9.89. The second-order valence-electron chi connectivity index (χ2n) is 5.84. The summed E-state index contributed by atoms with van der Waals surface area (Å²) in [5, 5.41) is 0. The van der Waals surface area contributed by atoms with Crippen LogP contribution in [0.5, 0.6) is 0 Å². The molecule has 3 nitrogen and oxygen atoms in total. The average molecular weight is 223 g/mol. The predicted molar refractivity (Wildman–Crippen MR) is 66.4 cm³/mol. The monoisotopic (exact) mass is 223 g/mol. The number of nitrogens with two attached hydrogens (primary N) is 1. The Morgan fingerprint density at radius 1 is 0.812 bits per heavy atom. The van der Waals surface area contributed by atoms with E-state index < -0.39 is 0 Å². The number of hydrogen-bond acceptors (Lipinski definition) is 3. The maximum Gasteiger partial charge on any atom is 0.0248 e. The molecule has 16 heavy (non-hydrogen) atoms. The molecule has 3 aliphatic rings. The van der Waals surface area contributed by atoms with Crippen LogP contribution < -0.4 is 5.73 Å². The molecule has 2 aliphatic heterocycles. The van der Waals surface area contributed by atoms with E-state index in [-0.39, 0.29) is 0 Å². The van der Waals surface area contributed by atoms with E-state index in [4.69, 9.17) is 5.73 Å². The Bertz CT molecular complexity index is 243. The fraction of sp³-hybridized carbons (Fsp3) is 1.00. The molecule has 0 amide bonds. The van der Waals surface area contributed by atoms with Gasteiger partial charge in [0.15, 0.2) is 0 Å². The van der Waals surface area contributed by atoms with Gasteiger partial charge < -0.3 is 5.73 Å². The van der Waals surface area contributed by atoms with Gasteiger partial charge in [-0.3, -0.25) is 9.80 Å². The lowest BCUT2D eigenvalue weighted by Crippen LogP contribution is -2.58. The normalized spacial score (nSPS) is 42.2. The molecule has 0 aromatic rings. The maximum atomic E-state index is 6.29. The highest BCUT2D eigenvalue weighted by atomic mass is 15.3. The van der Waals surface area contributed by atoms with Crippen molar-refractivity contribution in [3.63, 3.8) is 0 Å². The molecule has 3 atom stereocenters. The SMILES string of the molecule is NC1CCCCC1N1CCN2CCCC2C1. The van der Waals surface area contributed by atoms with Crippen LogP contribution in [0.1, 0.15) is 38.5 Å². The highest BCUT2D eigenvalue weighted by molar-refractivity contribution is 4.93. The third-order valence-electron chi connectivity index (χ3n) is 4.87. The number of rotatable bonds is 1. The summed E-state index contributed by atoms with van der Waals surface area (Å²) in [5.41, 5.74) is 6.29. The standard InChI is InChI=1S/C13H25N3/c14-12-5-1-2-6-13(12)16-9-8-15-7-3-4-11(15)10-16/h11-13H,1-10,14H2. The van der Waals surface area contributed by atoms with Crippen molar-refractivity contribution in [3.8, 4) is 0 Å². The third kappa shape index (κ3) is 2.01. The third-order valence-corrected chi connectivity index (χ3v) is 4.87. The van der Waals surface area contributed by atoms with E-state index in [1.165, 1.54) is 64.7 Å². The zero-order valence-electron chi connectivity index (χ0n) is 10.3. The van der Waals surface area contributed by atoms with Gasteiger partial charge in [0.1, 0.15) is 0 Å². The van der Waals surface area contributed by atoms with Crippen LogP contribution in [0.15, 0.2) is 0 Å². The predicted octanol–water partition coefficient (Wildman–Crippen LogP) is 1.04. The summed E-state index contributed by atoms with van der Waals surface area (Å²) in [6.07, 6.45) is 8.15. The fourth-order valence-corrected chi connectivity index (χ4v) is 3.91. The molecule has 3 fully saturated rings. The molecule has 2 heterocycles. The summed E-state index contributed by atoms with van der Waals surface area (Å²) < 4.78 is 0. The van der Waals surface area contributed by atoms with E-state index in [1.807, 2.05) is 0 Å². The smallest absolute Gasteiger partial charge is 0.0248 e. The van der Waals surface area contributed by atoms with E-state index >= 15 is 0 Å². The van der Waals surface area contributed by atoms with Crippen molar-refractivity contribution in [3.05, 3.63) is 0 Å². The van der Waals surface area contributed by atoms with E-state index in [9.17, 15) is 0 Å². The molecule has 0 spiro atoms. The first-order chi connectivity index (χ1) is 7.84. The molecule has 1 aliphatic carbocycles. The van der Waals surface area contributed by atoms with Gasteiger partial charge in [-0.15, -0.1) is 0 Å². The molecule has 0 aromatic heterocycles. The largest absolute Gasteiger partial charge is 0.326 e. The topological polar surface area (TPSA) is 32.5 Å². The van der Waals surface area contributed by atoms with Crippen LogP contribution in [-0.2, 0) is 0 Å². The number of piperazine rings is 1. The summed E-state index contributed by atoms with van der Waals surface area (Å²) in [4.78, 5) is 5.39. The van der Waals surface area contributed by atoms with Crippen LogP contribution in [0.25, 0.3) is 0 Å². The van der Waals surface area contributed by atoms with Gasteiger partial charge in [-0.25, -0.2) is 0 Å². The van der Waals surface area contributed by atoms with Crippen LogP contribution in [0.3, 0.4) is 0 Å². The molecule has 3 heteroatoms. The highest BCUT2D eigenvalue weighted by Gasteiger charge is 2.35. The molecule has 0 radical (unpaired) electrons. The Morgan fingerprint density at radius 3 is 2.50 bits per heavy atom. The second kappa shape index (κ2) is 4.63. The van der Waals surface area contributed by atoms with Crippen molar-refractivity contribution < 1.29 is 0 Å². The molecular formula is C13H25N3. The Labute approximate surface area is 99.0 Å². The lowest BCUT2D eigenvalue weighted by Gasteiger charge is -2.45. The average Bonchev–Trinajstić information content (AvgIpc) is 2.76. The van der Waals surface area contributed by atoms with Crippen molar-refractivity contribution >= 4 is 0 Å². The van der Waals surface area contributed by atoms with E-state index in [1.54, 1.807) is 0 Å². The minimum absolute atomic E-state index is 0.446. The van der Waals surface area contributed by atoms with Crippen LogP contribution in [0.4, 0.5) is 0 Å². The second-order valence-corrected chi connectivity index (χ2v) is 5.84. The molecular weight excluding hydrogens is 198 g/mol. The summed E-state index contributed by atoms with van der Waals surface area (Å²) >= 11 is 0. The van der Waals surface area contributed by atoms with Crippen LogP contribution in [0, 0.1) is 0 Å². The van der Waals surface area contributed by atoms with Crippen LogP contribution >= 0.6 is 0 Å². The van der Waals surface area contributed by atoms with Gasteiger partial charge in [0.05, 0.1) is 0 Å². The molecule has 0 bridgehead atoms. The Morgan fingerprint density at radius 2 is 1.62 bits per heavy atom. The van der Waals surface area contributed by atoms with Gasteiger partial charge in [-0.05, 0) is 32.2 Å². The molecule has 0 aromatic carbocycles. The molecule has 1 saturated carbocycles. The highest BCUT2D eigenvalue weighted by Crippen LogP contribution is 2.27. The minimum atomic E-state index is 0.446. The summed E-state index contributed by atoms with van der Waals surface area (Å²) in [5.74, 6) is 0. The van der Waals surface area contributed by atoms with Gasteiger partial charge in [0.2, 0.25) is 0 Å². The first-order valence-corrected chi connectivity index (χ1v) is 7.08. The quantitative estimate of drug-likeness (QED) is 0.721. The van der Waals surface area contributed by atoms with Crippen molar-refractivity contribution in [2.45, 2.75) is 56.7 Å². The van der Waals surface area contributed by atoms with Gasteiger partial charge >= 0.3 is 0 Å². The van der Waals surface area contributed by atoms with Crippen molar-refractivity contribution in [1.29, 1.82) is 0 Å². The van der Waals surface area contributed by atoms with Gasteiger partial charge in [0.25, 0.3) is 0 Å². The van der Waals surface area contributed by atoms with Crippen molar-refractivity contribution in [2.24, 2.45) is 5.73 Å². The summed E-state index contributed by atoms with van der Waals surface area (Å²) in [6, 6.07) is 1.99. The lowest BCUT2D eigenvalue weighted by molar-refractivity contribution is 0.0493. The number of nitrogens with zero attached hydrogens (tertiary/aromatic N) is 2. The Hall–Kier alpha value is -0.120. The summed E-state index contributed by atoms with van der Waals surface area (Å²) in [6.45, 7) is 5.18. The zero-order valence-corrected chi connectivity index (χ0v) is 10.3. The van der Waals surface area contributed by atoms with Crippen molar-refractivity contribution in [2.75, 3.05) is 26.2 Å². The summed E-state index contributed by atoms with van der Waals surface area (Å²) in [7, 11) is 0. The zero-order chi connectivity index (χ0) is 11.0. The number of hydrogen-bond donors (Lipinski definition) is 1.